The molecule has 8 rings (SSSR count). The summed E-state index contributed by atoms with van der Waals surface area (Å²) >= 11 is 0. The van der Waals surface area contributed by atoms with Gasteiger partial charge in [-0.1, -0.05) is 106 Å². The van der Waals surface area contributed by atoms with Gasteiger partial charge in [-0.15, -0.1) is 0 Å². The fourth-order valence-electron chi connectivity index (χ4n) is 10.1. The number of aliphatic hydroxyl groups is 2. The molecule has 14 atom stereocenters. The van der Waals surface area contributed by atoms with E-state index < -0.39 is 151 Å². The molecule has 0 aromatic heterocycles. The fraction of sp³-hybridized carbons (Fsp3) is 0.439. The van der Waals surface area contributed by atoms with Gasteiger partial charge in [0.1, 0.15) is 49.3 Å². The molecule has 5 aromatic rings. The van der Waals surface area contributed by atoms with Crippen LogP contribution in [0.2, 0.25) is 0 Å². The van der Waals surface area contributed by atoms with Gasteiger partial charge in [-0.2, -0.15) is 0 Å². The van der Waals surface area contributed by atoms with E-state index >= 15 is 0 Å². The Labute approximate surface area is 505 Å². The van der Waals surface area contributed by atoms with Crippen LogP contribution in [0.5, 0.6) is 0 Å². The van der Waals surface area contributed by atoms with Crippen LogP contribution in [0.3, 0.4) is 0 Å². The van der Waals surface area contributed by atoms with E-state index in [1.807, 2.05) is 0 Å². The van der Waals surface area contributed by atoms with Crippen molar-refractivity contribution in [1.82, 2.24) is 18.9 Å². The molecular weight excluding hydrogens is 1210 g/mol. The third kappa shape index (κ3) is 16.9. The van der Waals surface area contributed by atoms with Crippen LogP contribution in [-0.4, -0.2) is 155 Å². The molecule has 3 aliphatic rings. The summed E-state index contributed by atoms with van der Waals surface area (Å²) in [7, 11) is -18.4. The highest BCUT2D eigenvalue weighted by molar-refractivity contribution is 7.90. The highest BCUT2D eigenvalue weighted by Crippen LogP contribution is 2.37. The first-order valence-electron chi connectivity index (χ1n) is 27.5. The van der Waals surface area contributed by atoms with Crippen molar-refractivity contribution < 1.29 is 86.6 Å². The molecule has 1 aliphatic carbocycles. The number of carbonyl (C=O) groups is 2. The first-order valence-corrected chi connectivity index (χ1v) is 33.4. The van der Waals surface area contributed by atoms with Gasteiger partial charge in [0.15, 0.2) is 12.6 Å². The molecule has 470 valence electrons. The molecule has 87 heavy (non-hydrogen) atoms. The van der Waals surface area contributed by atoms with Crippen LogP contribution in [0.1, 0.15) is 54.5 Å². The largest absolute Gasteiger partial charge is 0.463 e. The van der Waals surface area contributed by atoms with Crippen molar-refractivity contribution in [1.29, 1.82) is 0 Å². The van der Waals surface area contributed by atoms with Crippen molar-refractivity contribution in [2.24, 2.45) is 5.11 Å². The molecule has 0 amide bonds. The lowest BCUT2D eigenvalue weighted by Gasteiger charge is -2.51. The van der Waals surface area contributed by atoms with Crippen LogP contribution in [0.15, 0.2) is 152 Å². The van der Waals surface area contributed by atoms with Gasteiger partial charge in [0.25, 0.3) is 0 Å². The number of ether oxygens (including phenoxy) is 7. The van der Waals surface area contributed by atoms with Gasteiger partial charge >= 0.3 is 11.9 Å². The third-order valence-electron chi connectivity index (χ3n) is 14.7. The summed E-state index contributed by atoms with van der Waals surface area (Å²) in [4.78, 5) is 27.1. The lowest BCUT2D eigenvalue weighted by atomic mass is 9.81. The Bertz CT molecular complexity index is 3700. The van der Waals surface area contributed by atoms with E-state index in [2.05, 4.69) is 28.9 Å². The first kappa shape index (κ1) is 66.7. The summed E-state index contributed by atoms with van der Waals surface area (Å²) in [5.41, 5.74) is 13.4. The van der Waals surface area contributed by atoms with Gasteiger partial charge in [0, 0.05) is 25.3 Å². The van der Waals surface area contributed by atoms with Crippen molar-refractivity contribution in [3.63, 3.8) is 0 Å². The summed E-state index contributed by atoms with van der Waals surface area (Å²) < 4.78 is 168. The van der Waals surface area contributed by atoms with E-state index in [9.17, 15) is 59.0 Å². The first-order chi connectivity index (χ1) is 41.1. The van der Waals surface area contributed by atoms with Crippen LogP contribution in [0.4, 0.5) is 0 Å². The van der Waals surface area contributed by atoms with Crippen molar-refractivity contribution >= 4 is 52.0 Å². The van der Waals surface area contributed by atoms with Gasteiger partial charge in [-0.05, 0) is 100 Å². The zero-order chi connectivity index (χ0) is 63.0. The number of nitrogens with zero attached hydrogens (tertiary/aromatic N) is 3. The van der Waals surface area contributed by atoms with Gasteiger partial charge in [0.05, 0.1) is 56.5 Å². The highest BCUT2D eigenvalue weighted by Gasteiger charge is 2.58. The molecule has 30 heteroatoms. The highest BCUT2D eigenvalue weighted by atomic mass is 32.2. The Hall–Kier alpha value is -6.29. The molecule has 2 saturated heterocycles. The maximum Gasteiger partial charge on any atom is 0.303 e. The van der Waals surface area contributed by atoms with Crippen molar-refractivity contribution in [2.75, 3.05) is 13.2 Å². The number of carbonyl (C=O) groups excluding carboxylic acids is 2. The van der Waals surface area contributed by atoms with Crippen molar-refractivity contribution in [3.05, 3.63) is 166 Å². The monoisotopic (exact) mass is 1280 g/mol. The van der Waals surface area contributed by atoms with Crippen LogP contribution in [0, 0.1) is 27.7 Å². The molecule has 26 nitrogen and oxygen atoms in total. The quantitative estimate of drug-likeness (QED) is 0.0222. The third-order valence-corrected chi connectivity index (χ3v) is 20.6. The molecule has 7 unspecified atom stereocenters. The predicted octanol–water partition coefficient (Wildman–Crippen LogP) is 3.73. The number of nitrogens with one attached hydrogen (secondary N) is 4. The predicted molar refractivity (Wildman–Crippen MR) is 311 cm³/mol. The smallest absolute Gasteiger partial charge is 0.303 e. The van der Waals surface area contributed by atoms with E-state index in [0.29, 0.717) is 16.7 Å². The van der Waals surface area contributed by atoms with Gasteiger partial charge in [-0.25, -0.2) is 52.6 Å². The molecule has 5 aromatic carbocycles. The fourth-order valence-corrected chi connectivity index (χ4v) is 15.0. The zero-order valence-corrected chi connectivity index (χ0v) is 51.3. The number of hydrogen-bond acceptors (Lipinski definition) is 20. The number of azide groups is 1. The Morgan fingerprint density at radius 2 is 1.03 bits per heavy atom. The standard InChI is InChI=1S/C57H69N7O19S4/c1-33-12-21-41(22-13-33)84(69,70)59-30-40-20-29-45(61-85(71,72)42-23-14-34(2)15-24-42)56(80-40)82-53-47(62-86(73,74)43-25-16-35(3)17-26-43)50(67)48(63-87(75,76)44-27-18-36(4)19-28-44)54(51(53)68)83-57-55(78-31-39-10-8-7-9-11-39)49(60-64-58)52(79-38(6)66)46(81-57)32-77-37(5)65/h7-19,21-28,40,45-57,59,61-63,67-68H,20,29-32H2,1-6H3/t40?,45?,46?,47-,48+,49-,50?,51?,52-,53?,54+,55?,56-,57-/m0/s1. The second-order valence-corrected chi connectivity index (χ2v) is 28.3. The number of aryl methyl sites for hydroxylation is 4. The molecule has 2 heterocycles. The molecule has 1 saturated carbocycles. The summed E-state index contributed by atoms with van der Waals surface area (Å²) in [5, 5.41) is 30.2. The van der Waals surface area contributed by atoms with Crippen molar-refractivity contribution in [2.45, 2.75) is 166 Å². The second kappa shape index (κ2) is 28.5. The molecule has 3 fully saturated rings. The molecule has 0 bridgehead atoms. The Morgan fingerprint density at radius 1 is 0.575 bits per heavy atom. The number of hydrogen-bond donors (Lipinski definition) is 6. The summed E-state index contributed by atoms with van der Waals surface area (Å²) in [5.74, 6) is -1.73. The van der Waals surface area contributed by atoms with Crippen molar-refractivity contribution in [3.8, 4) is 0 Å². The SMILES string of the molecule is CC(=O)OCC1O[C@@H](O[C@H]2C(O)C(O[C@@H]3OC(CNS(=O)(=O)c4ccc(C)cc4)CCC3NS(=O)(=O)c3ccc(C)cc3)[C@@H](NS(=O)(=O)c3ccc(C)cc3)C(O)[C@H]2NS(=O)(=O)c2ccc(C)cc2)C(OCc2ccccc2)[C@@H](N=[N+]=[N-])[C@H]1OC(C)=O. The summed E-state index contributed by atoms with van der Waals surface area (Å²) in [6.07, 6.45) is -19.2. The van der Waals surface area contributed by atoms with Crippen LogP contribution in [0.25, 0.3) is 10.4 Å². The van der Waals surface area contributed by atoms with Gasteiger partial charge in [-0.3, -0.25) is 9.59 Å². The van der Waals surface area contributed by atoms with Crippen LogP contribution in [-0.2, 0) is 89.4 Å². The summed E-state index contributed by atoms with van der Waals surface area (Å²) in [6.45, 7) is 7.63. The van der Waals surface area contributed by atoms with E-state index in [4.69, 9.17) is 33.2 Å². The van der Waals surface area contributed by atoms with E-state index in [1.54, 1.807) is 82.3 Å². The second-order valence-electron chi connectivity index (χ2n) is 21.4. The average Bonchev–Trinajstić information content (AvgIpc) is 0.873. The molecular formula is C57H69N7O19S4. The van der Waals surface area contributed by atoms with Crippen LogP contribution < -0.4 is 18.9 Å². The van der Waals surface area contributed by atoms with E-state index in [-0.39, 0.29) is 39.0 Å². The normalized spacial score (nSPS) is 27.1. The molecule has 0 spiro atoms. The molecule has 6 N–H and O–H groups in total. The topological polar surface area (TPSA) is 373 Å². The Balaban J connectivity index is 1.27. The minimum absolute atomic E-state index is 0.0239. The zero-order valence-electron chi connectivity index (χ0n) is 48.1. The number of aliphatic hydroxyl groups excluding tert-OH is 2. The maximum atomic E-state index is 14.7. The maximum absolute atomic E-state index is 14.7. The minimum Gasteiger partial charge on any atom is -0.463 e. The summed E-state index contributed by atoms with van der Waals surface area (Å²) in [6, 6.07) is 23.8. The van der Waals surface area contributed by atoms with Gasteiger partial charge in [0.2, 0.25) is 40.1 Å². The van der Waals surface area contributed by atoms with E-state index in [0.717, 1.165) is 25.0 Å². The number of benzene rings is 5. The van der Waals surface area contributed by atoms with E-state index in [1.165, 1.54) is 72.8 Å². The molecule has 0 radical (unpaired) electrons. The number of sulfonamides is 4. The lowest BCUT2D eigenvalue weighted by molar-refractivity contribution is -0.326. The van der Waals surface area contributed by atoms with Gasteiger partial charge < -0.3 is 43.4 Å². The minimum atomic E-state index is -4.84. The lowest BCUT2D eigenvalue weighted by Crippen LogP contribution is -2.74. The van der Waals surface area contributed by atoms with Crippen LogP contribution >= 0.6 is 0 Å². The Morgan fingerprint density at radius 3 is 1.49 bits per heavy atom. The Kier molecular flexibility index (Phi) is 21.8. The number of esters is 2. The average molecular weight is 1280 g/mol. The molecule has 2 aliphatic heterocycles. The number of rotatable bonds is 24.